The highest BCUT2D eigenvalue weighted by Gasteiger charge is 2.37. The third kappa shape index (κ3) is 4.89. The molecule has 0 aromatic heterocycles. The molecule has 1 aliphatic heterocycles. The third-order valence-electron chi connectivity index (χ3n) is 6.48. The van der Waals surface area contributed by atoms with Crippen LogP contribution in [-0.4, -0.2) is 33.2 Å². The van der Waals surface area contributed by atoms with E-state index in [1.54, 1.807) is 19.2 Å². The minimum atomic E-state index is -0.445. The summed E-state index contributed by atoms with van der Waals surface area (Å²) in [7, 11) is 5.59. The van der Waals surface area contributed by atoms with Crippen LogP contribution in [0.4, 0.5) is 17.1 Å². The molecule has 3 aromatic rings. The summed E-state index contributed by atoms with van der Waals surface area (Å²) >= 11 is 6.22. The first-order valence-electron chi connectivity index (χ1n) is 11.7. The second-order valence-corrected chi connectivity index (χ2v) is 9.50. The molecule has 0 bridgehead atoms. The van der Waals surface area contributed by atoms with Crippen molar-refractivity contribution in [1.82, 2.24) is 0 Å². The Kier molecular flexibility index (Phi) is 7.13. The molecule has 1 aliphatic rings. The summed E-state index contributed by atoms with van der Waals surface area (Å²) in [6.45, 7) is 4.10. The van der Waals surface area contributed by atoms with Gasteiger partial charge in [0.15, 0.2) is 11.5 Å². The molecule has 0 aliphatic carbocycles. The van der Waals surface area contributed by atoms with Crippen molar-refractivity contribution in [2.24, 2.45) is 0 Å². The van der Waals surface area contributed by atoms with E-state index < -0.39 is 6.04 Å². The van der Waals surface area contributed by atoms with Gasteiger partial charge in [0.1, 0.15) is 0 Å². The lowest BCUT2D eigenvalue weighted by Crippen LogP contribution is -2.41. The number of carbonyl (C=O) groups excluding carboxylic acids is 1. The van der Waals surface area contributed by atoms with Crippen molar-refractivity contribution in [3.05, 3.63) is 76.3 Å². The Morgan fingerprint density at radius 2 is 1.80 bits per heavy atom. The summed E-state index contributed by atoms with van der Waals surface area (Å²) in [4.78, 5) is 17.5. The summed E-state index contributed by atoms with van der Waals surface area (Å²) in [5, 5.41) is 0.547. The van der Waals surface area contributed by atoms with Crippen LogP contribution in [-0.2, 0) is 11.2 Å². The molecule has 0 saturated carbocycles. The number of amides is 1. The number of benzene rings is 3. The predicted octanol–water partition coefficient (Wildman–Crippen LogP) is 5.85. The van der Waals surface area contributed by atoms with Gasteiger partial charge >= 0.3 is 0 Å². The zero-order valence-electron chi connectivity index (χ0n) is 20.8. The van der Waals surface area contributed by atoms with Crippen molar-refractivity contribution in [2.75, 3.05) is 36.7 Å². The first-order chi connectivity index (χ1) is 16.7. The number of hydrogen-bond acceptors (Lipinski definition) is 5. The molecule has 0 fully saturated rings. The fraction of sp³-hybridized carbons (Fsp3) is 0.321. The molecular formula is C28H32ClN3O3. The van der Waals surface area contributed by atoms with E-state index >= 15 is 0 Å². The minimum Gasteiger partial charge on any atom is -0.493 e. The molecule has 184 valence electrons. The quantitative estimate of drug-likeness (QED) is 0.418. The Bertz CT molecular complexity index is 1230. The zero-order chi connectivity index (χ0) is 25.3. The summed E-state index contributed by atoms with van der Waals surface area (Å²) < 4.78 is 11.8. The summed E-state index contributed by atoms with van der Waals surface area (Å²) in [5.41, 5.74) is 11.5. The van der Waals surface area contributed by atoms with Gasteiger partial charge in [-0.25, -0.2) is 0 Å². The number of methoxy groups -OCH3 is 1. The molecule has 1 heterocycles. The smallest absolute Gasteiger partial charge is 0.232 e. The molecule has 3 aromatic carbocycles. The number of rotatable bonds is 7. The first kappa shape index (κ1) is 24.7. The van der Waals surface area contributed by atoms with Gasteiger partial charge in [0.2, 0.25) is 5.91 Å². The van der Waals surface area contributed by atoms with Gasteiger partial charge in [-0.1, -0.05) is 24.6 Å². The number of fused-ring (bicyclic) bond motifs is 1. The molecule has 2 N–H and O–H groups in total. The third-order valence-corrected chi connectivity index (χ3v) is 6.71. The number of nitrogens with zero attached hydrogens (tertiary/aromatic N) is 2. The fourth-order valence-electron chi connectivity index (χ4n) is 4.41. The highest BCUT2D eigenvalue weighted by molar-refractivity contribution is 6.30. The van der Waals surface area contributed by atoms with E-state index in [1.807, 2.05) is 73.3 Å². The van der Waals surface area contributed by atoms with Crippen LogP contribution in [0.25, 0.3) is 0 Å². The van der Waals surface area contributed by atoms with Crippen LogP contribution in [0.2, 0.25) is 5.02 Å². The van der Waals surface area contributed by atoms with Crippen LogP contribution in [0.1, 0.15) is 43.0 Å². The maximum absolute atomic E-state index is 13.6. The van der Waals surface area contributed by atoms with Gasteiger partial charge in [0.25, 0.3) is 0 Å². The van der Waals surface area contributed by atoms with Crippen LogP contribution in [0.3, 0.4) is 0 Å². The lowest BCUT2D eigenvalue weighted by Gasteiger charge is -2.38. The van der Waals surface area contributed by atoms with Gasteiger partial charge in [-0.3, -0.25) is 4.79 Å². The number of carbonyl (C=O) groups is 1. The highest BCUT2D eigenvalue weighted by Crippen LogP contribution is 2.45. The van der Waals surface area contributed by atoms with Crippen LogP contribution < -0.4 is 25.0 Å². The van der Waals surface area contributed by atoms with Crippen LogP contribution in [0.5, 0.6) is 11.5 Å². The van der Waals surface area contributed by atoms with Gasteiger partial charge in [0, 0.05) is 41.7 Å². The standard InChI is InChI=1S/C28H32ClN3O3/c1-6-17(2)35-26-16-23-18(13-25(26)34-5)14-27(33)32(21-10-8-20(9-11-21)31(3)4)28(23)22-12-7-19(29)15-24(22)30/h7-13,15-17,28H,6,14,30H2,1-5H3/t17-,28?/m1/s1. The maximum atomic E-state index is 13.6. The van der Waals surface area contributed by atoms with Crippen molar-refractivity contribution in [1.29, 1.82) is 0 Å². The van der Waals surface area contributed by atoms with Crippen LogP contribution in [0, 0.1) is 0 Å². The SMILES string of the molecule is CC[C@@H](C)Oc1cc2c(cc1OC)CC(=O)N(c1ccc(N(C)C)cc1)C2c1ccc(Cl)cc1N. The summed E-state index contributed by atoms with van der Waals surface area (Å²) in [6, 6.07) is 16.8. The van der Waals surface area contributed by atoms with Crippen molar-refractivity contribution in [3.63, 3.8) is 0 Å². The van der Waals surface area contributed by atoms with Crippen molar-refractivity contribution >= 4 is 34.6 Å². The van der Waals surface area contributed by atoms with E-state index in [9.17, 15) is 4.79 Å². The fourth-order valence-corrected chi connectivity index (χ4v) is 4.59. The van der Waals surface area contributed by atoms with Crippen molar-refractivity contribution in [2.45, 2.75) is 38.8 Å². The van der Waals surface area contributed by atoms with E-state index in [2.05, 4.69) is 6.92 Å². The van der Waals surface area contributed by atoms with Gasteiger partial charge in [0.05, 0.1) is 25.7 Å². The Morgan fingerprint density at radius 3 is 2.40 bits per heavy atom. The number of nitrogens with two attached hydrogens (primary N) is 1. The number of nitrogen functional groups attached to an aromatic ring is 1. The highest BCUT2D eigenvalue weighted by atomic mass is 35.5. The van der Waals surface area contributed by atoms with Gasteiger partial charge < -0.3 is 25.0 Å². The van der Waals surface area contributed by atoms with Crippen LogP contribution in [0.15, 0.2) is 54.6 Å². The minimum absolute atomic E-state index is 0.0147. The molecule has 0 saturated heterocycles. The first-order valence-corrected chi connectivity index (χ1v) is 12.1. The monoisotopic (exact) mass is 493 g/mol. The summed E-state index contributed by atoms with van der Waals surface area (Å²) in [5.74, 6) is 1.24. The van der Waals surface area contributed by atoms with Crippen LogP contribution >= 0.6 is 11.6 Å². The van der Waals surface area contributed by atoms with Gasteiger partial charge in [-0.05, 0) is 73.0 Å². The largest absolute Gasteiger partial charge is 0.493 e. The van der Waals surface area contributed by atoms with E-state index in [0.717, 1.165) is 34.5 Å². The Hall–Kier alpha value is -3.38. The molecule has 0 radical (unpaired) electrons. The lowest BCUT2D eigenvalue weighted by molar-refractivity contribution is -0.118. The molecule has 35 heavy (non-hydrogen) atoms. The van der Waals surface area contributed by atoms with Crippen molar-refractivity contribution in [3.8, 4) is 11.5 Å². The Labute approximate surface area is 212 Å². The topological polar surface area (TPSA) is 68.0 Å². The average Bonchev–Trinajstić information content (AvgIpc) is 2.83. The predicted molar refractivity (Wildman–Crippen MR) is 143 cm³/mol. The molecule has 2 atom stereocenters. The number of ether oxygens (including phenoxy) is 2. The molecule has 4 rings (SSSR count). The molecule has 1 amide bonds. The number of anilines is 3. The Balaban J connectivity index is 1.92. The maximum Gasteiger partial charge on any atom is 0.232 e. The van der Waals surface area contributed by atoms with Crippen molar-refractivity contribution < 1.29 is 14.3 Å². The normalized spacial score (nSPS) is 16.0. The lowest BCUT2D eigenvalue weighted by atomic mass is 9.86. The van der Waals surface area contributed by atoms with Gasteiger partial charge in [-0.15, -0.1) is 0 Å². The zero-order valence-corrected chi connectivity index (χ0v) is 21.6. The molecule has 7 heteroatoms. The summed E-state index contributed by atoms with van der Waals surface area (Å²) in [6.07, 6.45) is 1.12. The molecule has 6 nitrogen and oxygen atoms in total. The number of hydrogen-bond donors (Lipinski definition) is 1. The van der Waals surface area contributed by atoms with E-state index in [4.69, 9.17) is 26.8 Å². The molecule has 1 unspecified atom stereocenters. The van der Waals surface area contributed by atoms with E-state index in [1.165, 1.54) is 0 Å². The second kappa shape index (κ2) is 10.1. The number of halogens is 1. The van der Waals surface area contributed by atoms with Gasteiger partial charge in [-0.2, -0.15) is 0 Å². The molecule has 0 spiro atoms. The second-order valence-electron chi connectivity index (χ2n) is 9.07. The van der Waals surface area contributed by atoms with E-state index in [0.29, 0.717) is 22.2 Å². The van der Waals surface area contributed by atoms with E-state index in [-0.39, 0.29) is 18.4 Å². The Morgan fingerprint density at radius 1 is 1.09 bits per heavy atom. The average molecular weight is 494 g/mol. The molecular weight excluding hydrogens is 462 g/mol.